The number of ether oxygens (including phenoxy) is 2. The first-order valence-electron chi connectivity index (χ1n) is 11.7. The minimum Gasteiger partial charge on any atom is -0.490 e. The highest BCUT2D eigenvalue weighted by molar-refractivity contribution is 7.99. The number of benzene rings is 2. The number of hydrogen-bond acceptors (Lipinski definition) is 7. The molecular weight excluding hydrogens is 468 g/mol. The molecule has 1 aromatic heterocycles. The Hall–Kier alpha value is -3.53. The lowest BCUT2D eigenvalue weighted by atomic mass is 10.0. The van der Waals surface area contributed by atoms with Gasteiger partial charge in [-0.15, -0.1) is 0 Å². The van der Waals surface area contributed by atoms with Gasteiger partial charge in [0.25, 0.3) is 6.17 Å². The third-order valence-corrected chi connectivity index (χ3v) is 6.45. The monoisotopic (exact) mass is 497 g/mol. The molecule has 0 spiro atoms. The second-order valence-electron chi connectivity index (χ2n) is 8.02. The van der Waals surface area contributed by atoms with Gasteiger partial charge >= 0.3 is 17.2 Å². The number of carboxylic acids is 1. The number of anilines is 1. The van der Waals surface area contributed by atoms with Crippen molar-refractivity contribution in [2.24, 2.45) is 0 Å². The minimum atomic E-state index is -1.07. The summed E-state index contributed by atoms with van der Waals surface area (Å²) >= 11 is 1.53. The number of aromatic amines is 1. The number of hydrogen-bond donors (Lipinski definition) is 3. The van der Waals surface area contributed by atoms with E-state index in [0.717, 1.165) is 41.8 Å². The Balaban J connectivity index is 1.76. The van der Waals surface area contributed by atoms with Crippen molar-refractivity contribution in [3.63, 3.8) is 0 Å². The molecule has 2 aromatic carbocycles. The zero-order valence-corrected chi connectivity index (χ0v) is 20.6. The van der Waals surface area contributed by atoms with Crippen molar-refractivity contribution in [2.45, 2.75) is 44.4 Å². The van der Waals surface area contributed by atoms with Crippen molar-refractivity contribution < 1.29 is 24.1 Å². The second-order valence-corrected chi connectivity index (χ2v) is 9.11. The highest BCUT2D eigenvalue weighted by atomic mass is 32.2. The maximum atomic E-state index is 13.2. The molecular formula is C25H29N4O5S+. The fourth-order valence-electron chi connectivity index (χ4n) is 3.92. The first-order valence-corrected chi connectivity index (χ1v) is 12.7. The number of nitrogens with one attached hydrogen (secondary N) is 2. The molecule has 1 aliphatic heterocycles. The van der Waals surface area contributed by atoms with Gasteiger partial charge in [0.15, 0.2) is 18.1 Å². The number of unbranched alkanes of at least 4 members (excludes halogenated alkanes) is 2. The number of aliphatic carboxylic acids is 1. The predicted octanol–water partition coefficient (Wildman–Crippen LogP) is 3.84. The highest BCUT2D eigenvalue weighted by Gasteiger charge is 2.38. The molecule has 0 amide bonds. The molecule has 2 heterocycles. The Morgan fingerprint density at radius 2 is 1.97 bits per heavy atom. The van der Waals surface area contributed by atoms with Crippen LogP contribution >= 0.6 is 11.8 Å². The number of thioether (sulfide) groups is 1. The van der Waals surface area contributed by atoms with E-state index < -0.39 is 18.7 Å². The van der Waals surface area contributed by atoms with Crippen molar-refractivity contribution in [2.75, 3.05) is 24.3 Å². The van der Waals surface area contributed by atoms with Crippen molar-refractivity contribution in [3.05, 3.63) is 58.4 Å². The van der Waals surface area contributed by atoms with Gasteiger partial charge in [0, 0.05) is 16.4 Å². The Bertz CT molecular complexity index is 1260. The highest BCUT2D eigenvalue weighted by Crippen LogP contribution is 2.35. The summed E-state index contributed by atoms with van der Waals surface area (Å²) in [5.41, 5.74) is 2.63. The number of fused-ring (bicyclic) bond motifs is 3. The lowest BCUT2D eigenvalue weighted by molar-refractivity contribution is -0.759. The molecule has 0 aliphatic carbocycles. The average Bonchev–Trinajstić information content (AvgIpc) is 2.85. The molecule has 0 fully saturated rings. The van der Waals surface area contributed by atoms with Crippen LogP contribution < -0.4 is 25.0 Å². The Labute approximate surface area is 207 Å². The number of carbonyl (C=O) groups is 1. The van der Waals surface area contributed by atoms with Crippen LogP contribution in [0.1, 0.15) is 44.8 Å². The van der Waals surface area contributed by atoms with Crippen LogP contribution in [0.2, 0.25) is 0 Å². The molecule has 3 N–H and O–H groups in total. The zero-order valence-electron chi connectivity index (χ0n) is 19.7. The van der Waals surface area contributed by atoms with Gasteiger partial charge in [0.05, 0.1) is 17.9 Å². The largest absolute Gasteiger partial charge is 0.490 e. The fraction of sp³-hybridized carbons (Fsp3) is 0.360. The summed E-state index contributed by atoms with van der Waals surface area (Å²) < 4.78 is 12.8. The van der Waals surface area contributed by atoms with Crippen LogP contribution in [0.4, 0.5) is 5.69 Å². The van der Waals surface area contributed by atoms with E-state index in [1.807, 2.05) is 37.3 Å². The molecule has 1 aliphatic rings. The molecule has 0 bridgehead atoms. The molecule has 4 rings (SSSR count). The van der Waals surface area contributed by atoms with Crippen LogP contribution in [0, 0.1) is 0 Å². The van der Waals surface area contributed by atoms with E-state index in [4.69, 9.17) is 19.7 Å². The lowest BCUT2D eigenvalue weighted by Gasteiger charge is -2.23. The maximum absolute atomic E-state index is 13.2. The smallest absolute Gasteiger partial charge is 0.341 e. The average molecular weight is 498 g/mol. The first kappa shape index (κ1) is 24.6. The normalized spacial score (nSPS) is 13.9. The van der Waals surface area contributed by atoms with E-state index in [2.05, 4.69) is 17.2 Å². The number of rotatable bonds is 11. The third-order valence-electron chi connectivity index (χ3n) is 5.50. The maximum Gasteiger partial charge on any atom is 0.341 e. The lowest BCUT2D eigenvalue weighted by Crippen LogP contribution is -2.55. The van der Waals surface area contributed by atoms with Gasteiger partial charge in [0.2, 0.25) is 5.16 Å². The fourth-order valence-corrected chi connectivity index (χ4v) is 4.77. The van der Waals surface area contributed by atoms with Crippen LogP contribution in [0.25, 0.3) is 11.3 Å². The van der Waals surface area contributed by atoms with Crippen LogP contribution in [-0.2, 0) is 4.79 Å². The van der Waals surface area contributed by atoms with E-state index >= 15 is 0 Å². The number of nitrogens with zero attached hydrogens (tertiary/aromatic N) is 2. The van der Waals surface area contributed by atoms with Gasteiger partial charge < -0.3 is 19.9 Å². The standard InChI is InChI=1S/C25H28N4O5S/c1-3-5-8-13-35-25-27-24(32)22-17-9-6-7-10-18(17)26-23(29(22)28-25)16-11-12-19(34-15-21(30)31)20(14-16)33-4-2/h6-7,9-12,14,23H,3-5,8,13,15H2,1-2H3,(H2,27,28,30,31,32)/p+1/t23-/m1/s1. The molecule has 0 radical (unpaired) electrons. The topological polar surface area (TPSA) is 117 Å². The molecule has 10 heteroatoms. The molecule has 0 unspecified atom stereocenters. The molecule has 35 heavy (non-hydrogen) atoms. The van der Waals surface area contributed by atoms with Gasteiger partial charge in [-0.1, -0.05) is 43.7 Å². The van der Waals surface area contributed by atoms with Gasteiger partial charge in [-0.25, -0.2) is 4.79 Å². The summed E-state index contributed by atoms with van der Waals surface area (Å²) in [7, 11) is 0. The Morgan fingerprint density at radius 1 is 1.14 bits per heavy atom. The van der Waals surface area contributed by atoms with E-state index in [9.17, 15) is 9.59 Å². The summed E-state index contributed by atoms with van der Waals surface area (Å²) in [6, 6.07) is 12.9. The van der Waals surface area contributed by atoms with E-state index in [-0.39, 0.29) is 5.56 Å². The summed E-state index contributed by atoms with van der Waals surface area (Å²) in [6.45, 7) is 3.91. The first-order chi connectivity index (χ1) is 17.0. The van der Waals surface area contributed by atoms with Crippen molar-refractivity contribution in [1.82, 2.24) is 10.1 Å². The van der Waals surface area contributed by atoms with Crippen LogP contribution in [0.3, 0.4) is 0 Å². The van der Waals surface area contributed by atoms with Crippen molar-refractivity contribution >= 4 is 23.4 Å². The Kier molecular flexibility index (Phi) is 7.91. The quantitative estimate of drug-likeness (QED) is 0.208. The summed E-state index contributed by atoms with van der Waals surface area (Å²) in [5, 5.41) is 17.8. The minimum absolute atomic E-state index is 0.205. The van der Waals surface area contributed by atoms with Gasteiger partial charge in [0.1, 0.15) is 0 Å². The molecule has 3 aromatic rings. The van der Waals surface area contributed by atoms with Crippen molar-refractivity contribution in [1.29, 1.82) is 0 Å². The zero-order chi connectivity index (χ0) is 24.8. The molecule has 9 nitrogen and oxygen atoms in total. The van der Waals surface area contributed by atoms with Crippen LogP contribution in [0.5, 0.6) is 11.5 Å². The number of para-hydroxylation sites is 1. The van der Waals surface area contributed by atoms with E-state index in [0.29, 0.717) is 29.0 Å². The second kappa shape index (κ2) is 11.3. The van der Waals surface area contributed by atoms with Gasteiger partial charge in [-0.3, -0.25) is 9.78 Å². The van der Waals surface area contributed by atoms with E-state index in [1.165, 1.54) is 11.8 Å². The van der Waals surface area contributed by atoms with Gasteiger partial charge in [-0.2, -0.15) is 0 Å². The third kappa shape index (κ3) is 5.59. The van der Waals surface area contributed by atoms with Crippen molar-refractivity contribution in [3.8, 4) is 22.8 Å². The summed E-state index contributed by atoms with van der Waals surface area (Å²) in [4.78, 5) is 27.1. The van der Waals surface area contributed by atoms with Gasteiger partial charge in [-0.05, 0) is 48.4 Å². The molecule has 0 saturated heterocycles. The number of aromatic nitrogens is 3. The number of carboxylic acid groups (broad SMARTS) is 1. The molecule has 184 valence electrons. The number of H-pyrrole nitrogens is 1. The Morgan fingerprint density at radius 3 is 2.74 bits per heavy atom. The summed E-state index contributed by atoms with van der Waals surface area (Å²) in [6.07, 6.45) is 2.82. The SMILES string of the molecule is CCCCCSc1n[n+]2c(c(=O)[nH]1)-c1ccccc1N[C@H]2c1ccc(OCC(=O)O)c(OCC)c1. The molecule has 1 atom stereocenters. The van der Waals surface area contributed by atoms with Crippen LogP contribution in [0.15, 0.2) is 52.4 Å². The van der Waals surface area contributed by atoms with Crippen LogP contribution in [-0.4, -0.2) is 40.1 Å². The summed E-state index contributed by atoms with van der Waals surface area (Å²) in [5.74, 6) is 0.562. The molecule has 0 saturated carbocycles. The predicted molar refractivity (Wildman–Crippen MR) is 133 cm³/mol. The van der Waals surface area contributed by atoms with E-state index in [1.54, 1.807) is 16.8 Å².